The molecule has 1 saturated heterocycles. The van der Waals surface area contributed by atoms with Gasteiger partial charge in [-0.15, -0.1) is 6.58 Å². The molecule has 1 rings (SSSR count). The normalized spacial score (nSPS) is 24.2. The number of aliphatic carboxylic acids is 1. The van der Waals surface area contributed by atoms with Gasteiger partial charge < -0.3 is 15.3 Å². The number of amides is 2. The lowest BCUT2D eigenvalue weighted by molar-refractivity contribution is -0.142. The van der Waals surface area contributed by atoms with E-state index in [0.29, 0.717) is 19.5 Å². The number of hydrogen-bond acceptors (Lipinski definition) is 2. The Kier molecular flexibility index (Phi) is 4.34. The number of carboxylic acids is 1. The standard InChI is InChI=1S/C11H18N2O3/c1-3-4-6-12-11(16)13-7-5-8(2)9(13)10(14)15/h3,8-9H,1,4-7H2,2H3,(H,12,16)(H,14,15). The van der Waals surface area contributed by atoms with Gasteiger partial charge in [-0.25, -0.2) is 9.59 Å². The number of carbonyl (C=O) groups excluding carboxylic acids is 1. The predicted molar refractivity (Wildman–Crippen MR) is 60.1 cm³/mol. The molecule has 2 atom stereocenters. The number of urea groups is 1. The first kappa shape index (κ1) is 12.5. The predicted octanol–water partition coefficient (Wildman–Crippen LogP) is 1.07. The maximum atomic E-state index is 11.7. The van der Waals surface area contributed by atoms with Crippen molar-refractivity contribution in [3.8, 4) is 0 Å². The molecular weight excluding hydrogens is 208 g/mol. The van der Waals surface area contributed by atoms with E-state index >= 15 is 0 Å². The van der Waals surface area contributed by atoms with Gasteiger partial charge in [-0.3, -0.25) is 0 Å². The molecule has 0 saturated carbocycles. The molecule has 1 aliphatic rings. The van der Waals surface area contributed by atoms with Gasteiger partial charge in [0.05, 0.1) is 0 Å². The van der Waals surface area contributed by atoms with E-state index in [9.17, 15) is 9.59 Å². The summed E-state index contributed by atoms with van der Waals surface area (Å²) in [6.45, 7) is 6.42. The second-order valence-corrected chi connectivity index (χ2v) is 4.05. The Bertz CT molecular complexity index is 291. The number of likely N-dealkylation sites (tertiary alicyclic amines) is 1. The van der Waals surface area contributed by atoms with Crippen LogP contribution in [-0.4, -0.2) is 41.1 Å². The summed E-state index contributed by atoms with van der Waals surface area (Å²) >= 11 is 0. The van der Waals surface area contributed by atoms with Crippen molar-refractivity contribution in [2.45, 2.75) is 25.8 Å². The third-order valence-electron chi connectivity index (χ3n) is 2.84. The minimum atomic E-state index is -0.927. The Hall–Kier alpha value is -1.52. The molecule has 2 amide bonds. The van der Waals surface area contributed by atoms with Crippen LogP contribution in [0.15, 0.2) is 12.7 Å². The molecule has 90 valence electrons. The van der Waals surface area contributed by atoms with Crippen molar-refractivity contribution >= 4 is 12.0 Å². The second-order valence-electron chi connectivity index (χ2n) is 4.05. The third-order valence-corrected chi connectivity index (χ3v) is 2.84. The maximum absolute atomic E-state index is 11.7. The molecule has 2 unspecified atom stereocenters. The molecular formula is C11H18N2O3. The summed E-state index contributed by atoms with van der Waals surface area (Å²) in [7, 11) is 0. The fourth-order valence-electron chi connectivity index (χ4n) is 1.93. The van der Waals surface area contributed by atoms with Crippen LogP contribution in [0.5, 0.6) is 0 Å². The minimum absolute atomic E-state index is 0.0163. The average molecular weight is 226 g/mol. The highest BCUT2D eigenvalue weighted by Crippen LogP contribution is 2.23. The summed E-state index contributed by atoms with van der Waals surface area (Å²) in [5.41, 5.74) is 0. The number of carboxylic acid groups (broad SMARTS) is 1. The van der Waals surface area contributed by atoms with Gasteiger partial charge in [0.25, 0.3) is 0 Å². The smallest absolute Gasteiger partial charge is 0.326 e. The Labute approximate surface area is 95.1 Å². The molecule has 2 N–H and O–H groups in total. The molecule has 0 aromatic carbocycles. The lowest BCUT2D eigenvalue weighted by Gasteiger charge is -2.23. The van der Waals surface area contributed by atoms with Crippen LogP contribution in [0.4, 0.5) is 4.79 Å². The van der Waals surface area contributed by atoms with Gasteiger partial charge in [0.2, 0.25) is 0 Å². The monoisotopic (exact) mass is 226 g/mol. The van der Waals surface area contributed by atoms with E-state index in [4.69, 9.17) is 5.11 Å². The van der Waals surface area contributed by atoms with Crippen molar-refractivity contribution < 1.29 is 14.7 Å². The van der Waals surface area contributed by atoms with Crippen LogP contribution in [-0.2, 0) is 4.79 Å². The first-order valence-corrected chi connectivity index (χ1v) is 5.46. The van der Waals surface area contributed by atoms with Crippen molar-refractivity contribution in [1.29, 1.82) is 0 Å². The van der Waals surface area contributed by atoms with E-state index < -0.39 is 12.0 Å². The van der Waals surface area contributed by atoms with E-state index in [-0.39, 0.29) is 11.9 Å². The zero-order valence-electron chi connectivity index (χ0n) is 9.48. The molecule has 0 bridgehead atoms. The van der Waals surface area contributed by atoms with E-state index in [1.807, 2.05) is 6.92 Å². The highest BCUT2D eigenvalue weighted by molar-refractivity contribution is 5.83. The van der Waals surface area contributed by atoms with Crippen molar-refractivity contribution in [2.75, 3.05) is 13.1 Å². The average Bonchev–Trinajstić information content (AvgIpc) is 2.60. The molecule has 1 heterocycles. The quantitative estimate of drug-likeness (QED) is 0.556. The van der Waals surface area contributed by atoms with Crippen LogP contribution in [0.2, 0.25) is 0 Å². The van der Waals surface area contributed by atoms with Crippen molar-refractivity contribution in [3.63, 3.8) is 0 Å². The van der Waals surface area contributed by atoms with Crippen molar-refractivity contribution in [1.82, 2.24) is 10.2 Å². The van der Waals surface area contributed by atoms with Crippen LogP contribution in [0, 0.1) is 5.92 Å². The first-order chi connectivity index (χ1) is 7.57. The van der Waals surface area contributed by atoms with Crippen LogP contribution in [0.3, 0.4) is 0 Å². The molecule has 5 heteroatoms. The minimum Gasteiger partial charge on any atom is -0.480 e. The molecule has 16 heavy (non-hydrogen) atoms. The van der Waals surface area contributed by atoms with Gasteiger partial charge in [0.1, 0.15) is 6.04 Å². The zero-order valence-corrected chi connectivity index (χ0v) is 9.48. The Balaban J connectivity index is 2.54. The number of nitrogens with zero attached hydrogens (tertiary/aromatic N) is 1. The van der Waals surface area contributed by atoms with Gasteiger partial charge in [-0.2, -0.15) is 0 Å². The summed E-state index contributed by atoms with van der Waals surface area (Å²) < 4.78 is 0. The molecule has 0 aromatic heterocycles. The van der Waals surface area contributed by atoms with Crippen LogP contribution in [0.1, 0.15) is 19.8 Å². The van der Waals surface area contributed by atoms with E-state index in [1.165, 1.54) is 4.90 Å². The fourth-order valence-corrected chi connectivity index (χ4v) is 1.93. The molecule has 1 fully saturated rings. The van der Waals surface area contributed by atoms with E-state index in [0.717, 1.165) is 6.42 Å². The molecule has 0 aliphatic carbocycles. The summed E-state index contributed by atoms with van der Waals surface area (Å²) in [5, 5.41) is 11.7. The van der Waals surface area contributed by atoms with Gasteiger partial charge in [-0.05, 0) is 18.8 Å². The van der Waals surface area contributed by atoms with Gasteiger partial charge in [-0.1, -0.05) is 13.0 Å². The Morgan fingerprint density at radius 1 is 1.62 bits per heavy atom. The topological polar surface area (TPSA) is 69.6 Å². The van der Waals surface area contributed by atoms with Crippen molar-refractivity contribution in [2.24, 2.45) is 5.92 Å². The molecule has 0 radical (unpaired) electrons. The molecule has 1 aliphatic heterocycles. The third kappa shape index (κ3) is 2.74. The molecule has 0 spiro atoms. The highest BCUT2D eigenvalue weighted by Gasteiger charge is 2.39. The number of hydrogen-bond donors (Lipinski definition) is 2. The molecule has 5 nitrogen and oxygen atoms in total. The Morgan fingerprint density at radius 3 is 2.88 bits per heavy atom. The summed E-state index contributed by atoms with van der Waals surface area (Å²) in [6.07, 6.45) is 3.14. The summed E-state index contributed by atoms with van der Waals surface area (Å²) in [5.74, 6) is -0.911. The van der Waals surface area contributed by atoms with Crippen molar-refractivity contribution in [3.05, 3.63) is 12.7 Å². The van der Waals surface area contributed by atoms with Gasteiger partial charge in [0.15, 0.2) is 0 Å². The van der Waals surface area contributed by atoms with Gasteiger partial charge in [0, 0.05) is 13.1 Å². The van der Waals surface area contributed by atoms with E-state index in [1.54, 1.807) is 6.08 Å². The van der Waals surface area contributed by atoms with Crippen LogP contribution in [0.25, 0.3) is 0 Å². The lowest BCUT2D eigenvalue weighted by atomic mass is 10.0. The summed E-state index contributed by atoms with van der Waals surface area (Å²) in [6, 6.07) is -0.984. The SMILES string of the molecule is C=CCCNC(=O)N1CCC(C)C1C(=O)O. The highest BCUT2D eigenvalue weighted by atomic mass is 16.4. The molecule has 0 aromatic rings. The van der Waals surface area contributed by atoms with E-state index in [2.05, 4.69) is 11.9 Å². The van der Waals surface area contributed by atoms with Crippen LogP contribution < -0.4 is 5.32 Å². The number of rotatable bonds is 4. The largest absolute Gasteiger partial charge is 0.480 e. The van der Waals surface area contributed by atoms with Crippen LogP contribution >= 0.6 is 0 Å². The second kappa shape index (κ2) is 5.53. The maximum Gasteiger partial charge on any atom is 0.326 e. The Morgan fingerprint density at radius 2 is 2.31 bits per heavy atom. The lowest BCUT2D eigenvalue weighted by Crippen LogP contribution is -2.47. The zero-order chi connectivity index (χ0) is 12.1. The number of carbonyl (C=O) groups is 2. The summed E-state index contributed by atoms with van der Waals surface area (Å²) in [4.78, 5) is 24.1. The number of nitrogens with one attached hydrogen (secondary N) is 1. The first-order valence-electron chi connectivity index (χ1n) is 5.46. The van der Waals surface area contributed by atoms with Gasteiger partial charge >= 0.3 is 12.0 Å². The fraction of sp³-hybridized carbons (Fsp3) is 0.636.